The highest BCUT2D eigenvalue weighted by Crippen LogP contribution is 2.30. The van der Waals surface area contributed by atoms with Crippen LogP contribution in [-0.2, 0) is 0 Å². The smallest absolute Gasteiger partial charge is 0.273 e. The molecule has 0 aliphatic carbocycles. The average molecular weight is 288 g/mol. The molecule has 0 radical (unpaired) electrons. The van der Waals surface area contributed by atoms with Crippen LogP contribution < -0.4 is 0 Å². The van der Waals surface area contributed by atoms with Gasteiger partial charge in [-0.1, -0.05) is 43.7 Å². The number of hydrogen-bond acceptors (Lipinski definition) is 3. The van der Waals surface area contributed by atoms with Crippen molar-refractivity contribution in [2.45, 2.75) is 26.7 Å². The molecule has 0 saturated heterocycles. The molecule has 0 N–H and O–H groups in total. The van der Waals surface area contributed by atoms with Crippen molar-refractivity contribution in [1.29, 1.82) is 0 Å². The summed E-state index contributed by atoms with van der Waals surface area (Å²) in [5, 5.41) is 0.927. The van der Waals surface area contributed by atoms with E-state index in [-0.39, 0.29) is 5.91 Å². The van der Waals surface area contributed by atoms with Crippen molar-refractivity contribution in [3.05, 3.63) is 41.0 Å². The Hall–Kier alpha value is -1.68. The van der Waals surface area contributed by atoms with Crippen LogP contribution in [0.5, 0.6) is 0 Å². The second kappa shape index (κ2) is 6.66. The van der Waals surface area contributed by atoms with Crippen molar-refractivity contribution in [3.8, 4) is 10.4 Å². The van der Waals surface area contributed by atoms with E-state index in [4.69, 9.17) is 0 Å². The summed E-state index contributed by atoms with van der Waals surface area (Å²) in [5.74, 6) is 0.0154. The molecule has 0 saturated carbocycles. The molecule has 0 aliphatic heterocycles. The number of aryl methyl sites for hydroxylation is 1. The number of benzene rings is 1. The minimum atomic E-state index is 0.0154. The summed E-state index contributed by atoms with van der Waals surface area (Å²) in [6, 6.07) is 10.00. The van der Waals surface area contributed by atoms with E-state index in [1.165, 1.54) is 0 Å². The molecule has 0 atom stereocenters. The average Bonchev–Trinajstić information content (AvgIpc) is 2.86. The van der Waals surface area contributed by atoms with Crippen LogP contribution in [0, 0.1) is 6.92 Å². The molecule has 1 amide bonds. The zero-order valence-electron chi connectivity index (χ0n) is 12.2. The third-order valence-electron chi connectivity index (χ3n) is 3.17. The molecule has 1 aromatic carbocycles. The molecule has 2 rings (SSSR count). The van der Waals surface area contributed by atoms with E-state index in [0.29, 0.717) is 5.69 Å². The Morgan fingerprint density at radius 3 is 2.65 bits per heavy atom. The number of aromatic nitrogens is 1. The van der Waals surface area contributed by atoms with E-state index in [1.54, 1.807) is 16.2 Å². The van der Waals surface area contributed by atoms with Gasteiger partial charge in [-0.3, -0.25) is 4.79 Å². The largest absolute Gasteiger partial charge is 0.340 e. The Kier molecular flexibility index (Phi) is 4.90. The lowest BCUT2D eigenvalue weighted by atomic mass is 10.1. The number of carbonyl (C=O) groups excluding carboxylic acids is 1. The fourth-order valence-electron chi connectivity index (χ4n) is 2.03. The maximum absolute atomic E-state index is 12.5. The van der Waals surface area contributed by atoms with E-state index >= 15 is 0 Å². The molecule has 0 aliphatic rings. The van der Waals surface area contributed by atoms with Gasteiger partial charge in [0.25, 0.3) is 5.91 Å². The zero-order chi connectivity index (χ0) is 14.5. The summed E-state index contributed by atoms with van der Waals surface area (Å²) >= 11 is 1.58. The van der Waals surface area contributed by atoms with Gasteiger partial charge in [0.15, 0.2) is 0 Å². The fourth-order valence-corrected chi connectivity index (χ4v) is 2.95. The molecular formula is C16H20N2OS. The first-order chi connectivity index (χ1) is 9.63. The van der Waals surface area contributed by atoms with Crippen LogP contribution in [0.2, 0.25) is 0 Å². The summed E-state index contributed by atoms with van der Waals surface area (Å²) in [7, 11) is 1.85. The summed E-state index contributed by atoms with van der Waals surface area (Å²) in [4.78, 5) is 19.7. The fraction of sp³-hybridized carbons (Fsp3) is 0.375. The van der Waals surface area contributed by atoms with Gasteiger partial charge in [-0.15, -0.1) is 11.3 Å². The Morgan fingerprint density at radius 2 is 2.00 bits per heavy atom. The molecule has 0 unspecified atom stereocenters. The van der Waals surface area contributed by atoms with Crippen molar-refractivity contribution in [3.63, 3.8) is 0 Å². The molecule has 0 fully saturated rings. The van der Waals surface area contributed by atoms with Crippen LogP contribution >= 0.6 is 11.3 Å². The van der Waals surface area contributed by atoms with Gasteiger partial charge >= 0.3 is 0 Å². The van der Waals surface area contributed by atoms with Crippen LogP contribution in [0.25, 0.3) is 10.4 Å². The number of hydrogen-bond donors (Lipinski definition) is 0. The van der Waals surface area contributed by atoms with Crippen LogP contribution in [0.3, 0.4) is 0 Å². The Bertz CT molecular complexity index is 577. The predicted molar refractivity (Wildman–Crippen MR) is 84.2 cm³/mol. The van der Waals surface area contributed by atoms with Crippen LogP contribution in [0.15, 0.2) is 30.3 Å². The first-order valence-electron chi connectivity index (χ1n) is 6.91. The van der Waals surface area contributed by atoms with Gasteiger partial charge in [-0.05, 0) is 18.9 Å². The van der Waals surface area contributed by atoms with E-state index in [1.807, 2.05) is 44.3 Å². The molecule has 1 heterocycles. The standard InChI is InChI=1S/C16H20N2OS/c1-4-5-11-18(3)16(19)14-15(20-12(2)17-14)13-9-7-6-8-10-13/h6-10H,4-5,11H2,1-3H3. The molecule has 3 nitrogen and oxygen atoms in total. The van der Waals surface area contributed by atoms with Crippen LogP contribution in [0.1, 0.15) is 35.3 Å². The third kappa shape index (κ3) is 3.25. The van der Waals surface area contributed by atoms with Crippen molar-refractivity contribution in [2.24, 2.45) is 0 Å². The monoisotopic (exact) mass is 288 g/mol. The maximum atomic E-state index is 12.5. The predicted octanol–water partition coefficient (Wildman–Crippen LogP) is 3.99. The third-order valence-corrected chi connectivity index (χ3v) is 4.19. The molecular weight excluding hydrogens is 268 g/mol. The van der Waals surface area contributed by atoms with Crippen molar-refractivity contribution in [2.75, 3.05) is 13.6 Å². The van der Waals surface area contributed by atoms with Crippen LogP contribution in [0.4, 0.5) is 0 Å². The van der Waals surface area contributed by atoms with Crippen LogP contribution in [-0.4, -0.2) is 29.4 Å². The molecule has 4 heteroatoms. The topological polar surface area (TPSA) is 33.2 Å². The molecule has 1 aromatic heterocycles. The van der Waals surface area contributed by atoms with E-state index in [0.717, 1.165) is 34.8 Å². The number of carbonyl (C=O) groups is 1. The van der Waals surface area contributed by atoms with Gasteiger partial charge < -0.3 is 4.90 Å². The van der Waals surface area contributed by atoms with E-state index in [2.05, 4.69) is 11.9 Å². The molecule has 0 spiro atoms. The SMILES string of the molecule is CCCCN(C)C(=O)c1nc(C)sc1-c1ccccc1. The van der Waals surface area contributed by atoms with Gasteiger partial charge in [-0.25, -0.2) is 4.98 Å². The number of nitrogens with zero attached hydrogens (tertiary/aromatic N) is 2. The quantitative estimate of drug-likeness (QED) is 0.833. The second-order valence-electron chi connectivity index (χ2n) is 4.86. The highest BCUT2D eigenvalue weighted by Gasteiger charge is 2.20. The molecule has 2 aromatic rings. The first kappa shape index (κ1) is 14.7. The number of thiazole rings is 1. The Balaban J connectivity index is 2.31. The number of amides is 1. The highest BCUT2D eigenvalue weighted by atomic mass is 32.1. The maximum Gasteiger partial charge on any atom is 0.273 e. The summed E-state index contributed by atoms with van der Waals surface area (Å²) in [6.45, 7) is 4.85. The van der Waals surface area contributed by atoms with Gasteiger partial charge in [0.1, 0.15) is 5.69 Å². The minimum absolute atomic E-state index is 0.0154. The number of rotatable bonds is 5. The van der Waals surface area contributed by atoms with E-state index in [9.17, 15) is 4.79 Å². The Morgan fingerprint density at radius 1 is 1.30 bits per heavy atom. The number of unbranched alkanes of at least 4 members (excludes halogenated alkanes) is 1. The Labute approximate surface area is 124 Å². The first-order valence-corrected chi connectivity index (χ1v) is 7.73. The summed E-state index contributed by atoms with van der Waals surface area (Å²) < 4.78 is 0. The van der Waals surface area contributed by atoms with Crippen molar-refractivity contribution in [1.82, 2.24) is 9.88 Å². The normalized spacial score (nSPS) is 10.6. The lowest BCUT2D eigenvalue weighted by Crippen LogP contribution is -2.28. The van der Waals surface area contributed by atoms with Crippen molar-refractivity contribution >= 4 is 17.2 Å². The molecule has 20 heavy (non-hydrogen) atoms. The summed E-state index contributed by atoms with van der Waals surface area (Å²) in [5.41, 5.74) is 1.64. The summed E-state index contributed by atoms with van der Waals surface area (Å²) in [6.07, 6.45) is 2.10. The molecule has 0 bridgehead atoms. The zero-order valence-corrected chi connectivity index (χ0v) is 13.0. The lowest BCUT2D eigenvalue weighted by molar-refractivity contribution is 0.0789. The van der Waals surface area contributed by atoms with Gasteiger partial charge in [0.2, 0.25) is 0 Å². The second-order valence-corrected chi connectivity index (χ2v) is 6.06. The van der Waals surface area contributed by atoms with Gasteiger partial charge in [0.05, 0.1) is 9.88 Å². The van der Waals surface area contributed by atoms with E-state index < -0.39 is 0 Å². The van der Waals surface area contributed by atoms with Crippen molar-refractivity contribution < 1.29 is 4.79 Å². The van der Waals surface area contributed by atoms with Gasteiger partial charge in [0, 0.05) is 13.6 Å². The highest BCUT2D eigenvalue weighted by molar-refractivity contribution is 7.15. The minimum Gasteiger partial charge on any atom is -0.340 e. The lowest BCUT2D eigenvalue weighted by Gasteiger charge is -2.16. The van der Waals surface area contributed by atoms with Gasteiger partial charge in [-0.2, -0.15) is 0 Å². The molecule has 106 valence electrons.